The third-order valence-corrected chi connectivity index (χ3v) is 4.04. The number of methoxy groups -OCH3 is 1. The van der Waals surface area contributed by atoms with Gasteiger partial charge in [0.15, 0.2) is 0 Å². The van der Waals surface area contributed by atoms with Gasteiger partial charge in [-0.15, -0.1) is 11.6 Å². The second kappa shape index (κ2) is 9.28. The van der Waals surface area contributed by atoms with Gasteiger partial charge in [-0.05, 0) is 64.7 Å². The summed E-state index contributed by atoms with van der Waals surface area (Å²) >= 11 is 6.24. The molecule has 3 aliphatic rings. The number of halogens is 1. The number of rotatable bonds is 1. The zero-order chi connectivity index (χ0) is 15.3. The van der Waals surface area contributed by atoms with Crippen molar-refractivity contribution in [3.8, 4) is 0 Å². The van der Waals surface area contributed by atoms with Crippen molar-refractivity contribution in [3.63, 3.8) is 0 Å². The second-order valence-corrected chi connectivity index (χ2v) is 5.22. The molecule has 1 saturated heterocycles. The van der Waals surface area contributed by atoms with Crippen LogP contribution in [-0.4, -0.2) is 19.6 Å². The van der Waals surface area contributed by atoms with E-state index in [4.69, 9.17) is 16.3 Å². The topological polar surface area (TPSA) is 38.3 Å². The predicted octanol–water partition coefficient (Wildman–Crippen LogP) is 2.64. The Labute approximate surface area is 152 Å². The molecule has 1 heterocycles. The minimum Gasteiger partial charge on any atom is -0.501 e. The number of amides is 1. The summed E-state index contributed by atoms with van der Waals surface area (Å²) < 4.78 is 5.17. The van der Waals surface area contributed by atoms with Crippen LogP contribution in [0.15, 0.2) is 11.3 Å². The van der Waals surface area contributed by atoms with Crippen LogP contribution in [0.1, 0.15) is 6.92 Å². The minimum absolute atomic E-state index is 0. The molecule has 1 N–H and O–H groups in total. The Hall–Kier alpha value is -0.0766. The van der Waals surface area contributed by atoms with E-state index in [2.05, 4.69) is 5.32 Å². The van der Waals surface area contributed by atoms with Crippen LogP contribution < -0.4 is 5.32 Å². The number of carbonyl (C=O) groups excluding carboxylic acids is 1. The van der Waals surface area contributed by atoms with Crippen LogP contribution >= 0.6 is 11.6 Å². The molecule has 1 atom stereocenters. The molecule has 0 aromatic carbocycles. The van der Waals surface area contributed by atoms with Crippen molar-refractivity contribution >= 4 is 17.5 Å². The Morgan fingerprint density at radius 1 is 1.18 bits per heavy atom. The van der Waals surface area contributed by atoms with Crippen LogP contribution in [0.25, 0.3) is 0 Å². The molecule has 22 heavy (non-hydrogen) atoms. The van der Waals surface area contributed by atoms with Gasteiger partial charge in [0.1, 0.15) is 5.76 Å². The Balaban J connectivity index is 0.000000344. The van der Waals surface area contributed by atoms with Crippen LogP contribution in [0.3, 0.4) is 0 Å². The van der Waals surface area contributed by atoms with E-state index in [-0.39, 0.29) is 25.4 Å². The summed E-state index contributed by atoms with van der Waals surface area (Å²) in [6, 6.07) is 0. The zero-order valence-corrected chi connectivity index (χ0v) is 14.9. The quantitative estimate of drug-likeness (QED) is 0.414. The molecule has 1 amide bonds. The zero-order valence-electron chi connectivity index (χ0n) is 12.5. The number of carbonyl (C=O) groups is 1. The van der Waals surface area contributed by atoms with Crippen molar-refractivity contribution in [3.05, 3.63) is 74.5 Å². The van der Waals surface area contributed by atoms with Gasteiger partial charge < -0.3 is 10.1 Å². The van der Waals surface area contributed by atoms with Crippen molar-refractivity contribution < 1.29 is 29.0 Å². The van der Waals surface area contributed by atoms with Gasteiger partial charge in [-0.25, -0.2) is 0 Å². The molecule has 3 rings (SSSR count). The molecule has 2 aliphatic carbocycles. The largest absolute Gasteiger partial charge is 2.00 e. The number of ether oxygens (including phenoxy) is 1. The summed E-state index contributed by atoms with van der Waals surface area (Å²) in [5.41, 5.74) is 0.0496. The molecule has 0 aromatic rings. The average Bonchev–Trinajstić information content (AvgIpc) is 3.15. The van der Waals surface area contributed by atoms with Crippen molar-refractivity contribution in [2.24, 2.45) is 5.41 Å². The van der Waals surface area contributed by atoms with Gasteiger partial charge in [0, 0.05) is 12.0 Å². The minimum atomic E-state index is -0.548. The Morgan fingerprint density at radius 2 is 1.77 bits per heavy atom. The van der Waals surface area contributed by atoms with E-state index >= 15 is 0 Å². The summed E-state index contributed by atoms with van der Waals surface area (Å²) in [6.07, 6.45) is 17.5. The molecule has 1 spiro atoms. The van der Waals surface area contributed by atoms with Crippen LogP contribution in [0, 0.1) is 68.6 Å². The first-order valence-electron chi connectivity index (χ1n) is 6.71. The van der Waals surface area contributed by atoms with Crippen molar-refractivity contribution in [2.75, 3.05) is 13.7 Å². The van der Waals surface area contributed by atoms with E-state index in [0.717, 1.165) is 0 Å². The molecule has 2 saturated carbocycles. The SMILES string of the molecule is CO/C(C)=C1/C(=O)NCC12[CH][CH][CH][CH][C]2Cl.[CH]1[CH][CH][CH][CH]1.[Ru+2]. The molecule has 3 fully saturated rings. The Bertz CT molecular complexity index is 402. The molecular weight excluding hydrogens is 387 g/mol. The van der Waals surface area contributed by atoms with Crippen LogP contribution in [0.2, 0.25) is 0 Å². The monoisotopic (exact) mass is 405 g/mol. The first-order valence-corrected chi connectivity index (χ1v) is 7.08. The van der Waals surface area contributed by atoms with Gasteiger partial charge in [-0.2, -0.15) is 0 Å². The first kappa shape index (κ1) is 20.0. The maximum Gasteiger partial charge on any atom is 2.00 e. The average molecular weight is 405 g/mol. The summed E-state index contributed by atoms with van der Waals surface area (Å²) in [7, 11) is 1.55. The van der Waals surface area contributed by atoms with E-state index in [1.165, 1.54) is 0 Å². The number of hydrogen-bond donors (Lipinski definition) is 1. The third-order valence-electron chi connectivity index (χ3n) is 3.58. The van der Waals surface area contributed by atoms with Gasteiger partial charge in [0.25, 0.3) is 5.91 Å². The summed E-state index contributed by atoms with van der Waals surface area (Å²) in [6.45, 7) is 2.26. The molecule has 0 aromatic heterocycles. The molecule has 1 aliphatic heterocycles. The fourth-order valence-corrected chi connectivity index (χ4v) is 2.73. The summed E-state index contributed by atoms with van der Waals surface area (Å²) in [5.74, 6) is 0.491. The van der Waals surface area contributed by atoms with Crippen LogP contribution in [0.5, 0.6) is 0 Å². The van der Waals surface area contributed by atoms with E-state index < -0.39 is 5.41 Å². The van der Waals surface area contributed by atoms with Gasteiger partial charge in [-0.3, -0.25) is 4.79 Å². The van der Waals surface area contributed by atoms with Gasteiger partial charge in [0.2, 0.25) is 0 Å². The molecule has 3 nitrogen and oxygen atoms in total. The number of hydrogen-bond acceptors (Lipinski definition) is 2. The standard InChI is InChI=1S/C12H13ClNO2.C5H5.Ru/c1-8(16-2)10-11(15)14-7-12(10)6-4-3-5-9(12)13;1-2-4-5-3-1;/h3-6H,7H2,1-2H3,(H,14,15);1-5H;/q;;+2/b10-8-;;. The van der Waals surface area contributed by atoms with Crippen molar-refractivity contribution in [1.82, 2.24) is 5.32 Å². The van der Waals surface area contributed by atoms with Crippen LogP contribution in [0.4, 0.5) is 0 Å². The predicted molar refractivity (Wildman–Crippen MR) is 82.9 cm³/mol. The molecule has 10 radical (unpaired) electrons. The normalized spacial score (nSPS) is 30.2. The third kappa shape index (κ3) is 4.26. The summed E-state index contributed by atoms with van der Waals surface area (Å²) in [4.78, 5) is 11.8. The number of allylic oxidation sites excluding steroid dienone is 1. The van der Waals surface area contributed by atoms with Crippen molar-refractivity contribution in [2.45, 2.75) is 6.92 Å². The van der Waals surface area contributed by atoms with E-state index in [1.807, 2.05) is 57.8 Å². The van der Waals surface area contributed by atoms with E-state index in [1.54, 1.807) is 14.0 Å². The smallest absolute Gasteiger partial charge is 0.501 e. The maximum atomic E-state index is 11.8. The number of nitrogens with one attached hydrogen (secondary N) is 1. The maximum absolute atomic E-state index is 11.8. The fourth-order valence-electron chi connectivity index (χ4n) is 2.43. The first-order chi connectivity index (χ1) is 10.1. The molecule has 5 heteroatoms. The van der Waals surface area contributed by atoms with Gasteiger partial charge in [0.05, 0.1) is 18.1 Å². The Kier molecular flexibility index (Phi) is 8.42. The molecule has 1 unspecified atom stereocenters. The van der Waals surface area contributed by atoms with Gasteiger partial charge >= 0.3 is 19.5 Å². The molecule has 0 bridgehead atoms. The summed E-state index contributed by atoms with van der Waals surface area (Å²) in [5, 5.41) is 3.45. The fraction of sp³-hybridized carbons (Fsp3) is 0.235. The van der Waals surface area contributed by atoms with E-state index in [9.17, 15) is 4.79 Å². The van der Waals surface area contributed by atoms with Crippen molar-refractivity contribution in [1.29, 1.82) is 0 Å². The Morgan fingerprint density at radius 3 is 2.27 bits per heavy atom. The van der Waals surface area contributed by atoms with E-state index in [0.29, 0.717) is 23.3 Å². The van der Waals surface area contributed by atoms with Gasteiger partial charge in [-0.1, -0.05) is 0 Å². The molecular formula is C17H18ClNO2Ru+2. The second-order valence-electron chi connectivity index (χ2n) is 4.82. The van der Waals surface area contributed by atoms with Crippen LogP contribution in [-0.2, 0) is 29.0 Å². The molecule has 116 valence electrons.